The molecule has 130 valence electrons. The van der Waals surface area contributed by atoms with E-state index in [4.69, 9.17) is 4.74 Å². The van der Waals surface area contributed by atoms with Gasteiger partial charge in [0.05, 0.1) is 6.26 Å². The standard InChI is InChI=1S/C14H20F2N2O4S/c1-22-10-4-8-18(23(2,20)21)9-7-13(19)17-14-11(15)5-3-6-12(14)16/h3,5-6H,4,7-10H2,1-2H3,(H,17,19). The van der Waals surface area contributed by atoms with Gasteiger partial charge in [0.2, 0.25) is 15.9 Å². The summed E-state index contributed by atoms with van der Waals surface area (Å²) in [6.07, 6.45) is 1.30. The van der Waals surface area contributed by atoms with Crippen LogP contribution >= 0.6 is 0 Å². The van der Waals surface area contributed by atoms with Crippen molar-refractivity contribution in [2.24, 2.45) is 0 Å². The van der Waals surface area contributed by atoms with E-state index in [0.29, 0.717) is 13.0 Å². The van der Waals surface area contributed by atoms with Gasteiger partial charge in [-0.3, -0.25) is 4.79 Å². The van der Waals surface area contributed by atoms with E-state index < -0.39 is 33.3 Å². The number of sulfonamides is 1. The quantitative estimate of drug-likeness (QED) is 0.686. The third kappa shape index (κ3) is 6.59. The number of rotatable bonds is 9. The minimum Gasteiger partial charge on any atom is -0.385 e. The first-order valence-corrected chi connectivity index (χ1v) is 8.78. The van der Waals surface area contributed by atoms with Gasteiger partial charge in [0.25, 0.3) is 0 Å². The largest absolute Gasteiger partial charge is 0.385 e. The van der Waals surface area contributed by atoms with Crippen molar-refractivity contribution in [2.75, 3.05) is 38.4 Å². The Morgan fingerprint density at radius 1 is 1.26 bits per heavy atom. The van der Waals surface area contributed by atoms with Gasteiger partial charge in [-0.2, -0.15) is 0 Å². The molecule has 0 atom stereocenters. The predicted molar refractivity (Wildman–Crippen MR) is 82.5 cm³/mol. The van der Waals surface area contributed by atoms with Crippen molar-refractivity contribution < 1.29 is 26.7 Å². The third-order valence-electron chi connectivity index (χ3n) is 3.04. The molecule has 0 bridgehead atoms. The van der Waals surface area contributed by atoms with Gasteiger partial charge in [0, 0.05) is 33.2 Å². The highest BCUT2D eigenvalue weighted by Crippen LogP contribution is 2.18. The molecule has 0 aliphatic rings. The second kappa shape index (κ2) is 8.90. The van der Waals surface area contributed by atoms with Gasteiger partial charge in [0.1, 0.15) is 17.3 Å². The molecule has 0 spiro atoms. The van der Waals surface area contributed by atoms with Crippen LogP contribution in [0.2, 0.25) is 0 Å². The van der Waals surface area contributed by atoms with Crippen molar-refractivity contribution in [2.45, 2.75) is 12.8 Å². The second-order valence-electron chi connectivity index (χ2n) is 4.90. The molecule has 0 saturated carbocycles. The number of hydrogen-bond donors (Lipinski definition) is 1. The summed E-state index contributed by atoms with van der Waals surface area (Å²) in [6.45, 7) is 0.511. The number of methoxy groups -OCH3 is 1. The second-order valence-corrected chi connectivity index (χ2v) is 6.89. The van der Waals surface area contributed by atoms with Gasteiger partial charge < -0.3 is 10.1 Å². The lowest BCUT2D eigenvalue weighted by Gasteiger charge is -2.19. The van der Waals surface area contributed by atoms with Crippen LogP contribution in [-0.2, 0) is 19.6 Å². The minimum absolute atomic E-state index is 0.0789. The number of nitrogens with zero attached hydrogens (tertiary/aromatic N) is 1. The normalized spacial score (nSPS) is 11.7. The van der Waals surface area contributed by atoms with E-state index in [-0.39, 0.29) is 19.5 Å². The van der Waals surface area contributed by atoms with Crippen LogP contribution in [0.25, 0.3) is 0 Å². The molecule has 23 heavy (non-hydrogen) atoms. The maximum Gasteiger partial charge on any atom is 0.225 e. The molecule has 0 saturated heterocycles. The van der Waals surface area contributed by atoms with E-state index >= 15 is 0 Å². The zero-order chi connectivity index (χ0) is 17.5. The third-order valence-corrected chi connectivity index (χ3v) is 4.34. The van der Waals surface area contributed by atoms with Gasteiger partial charge in [-0.15, -0.1) is 0 Å². The molecule has 1 aromatic rings. The topological polar surface area (TPSA) is 75.7 Å². The number of halogens is 2. The first-order chi connectivity index (χ1) is 10.8. The van der Waals surface area contributed by atoms with Crippen LogP contribution in [0.5, 0.6) is 0 Å². The number of para-hydroxylation sites is 1. The number of hydrogen-bond acceptors (Lipinski definition) is 4. The number of carbonyl (C=O) groups is 1. The summed E-state index contributed by atoms with van der Waals surface area (Å²) in [5, 5.41) is 2.12. The Hall–Kier alpha value is -1.58. The Bertz CT molecular complexity index is 617. The van der Waals surface area contributed by atoms with Crippen molar-refractivity contribution >= 4 is 21.6 Å². The first-order valence-electron chi connectivity index (χ1n) is 6.93. The molecule has 0 heterocycles. The van der Waals surface area contributed by atoms with E-state index in [2.05, 4.69) is 5.32 Å². The predicted octanol–water partition coefficient (Wildman–Crippen LogP) is 1.59. The smallest absolute Gasteiger partial charge is 0.225 e. The van der Waals surface area contributed by atoms with E-state index in [1.54, 1.807) is 0 Å². The Morgan fingerprint density at radius 2 is 1.87 bits per heavy atom. The lowest BCUT2D eigenvalue weighted by atomic mass is 10.2. The Balaban J connectivity index is 2.61. The molecule has 0 aromatic heterocycles. The van der Waals surface area contributed by atoms with Gasteiger partial charge in [0.15, 0.2) is 0 Å². The molecular formula is C14H20F2N2O4S. The van der Waals surface area contributed by atoms with Gasteiger partial charge >= 0.3 is 0 Å². The minimum atomic E-state index is -3.48. The lowest BCUT2D eigenvalue weighted by molar-refractivity contribution is -0.116. The van der Waals surface area contributed by atoms with E-state index in [1.165, 1.54) is 13.2 Å². The van der Waals surface area contributed by atoms with E-state index in [1.807, 2.05) is 0 Å². The van der Waals surface area contributed by atoms with Crippen molar-refractivity contribution in [3.63, 3.8) is 0 Å². The van der Waals surface area contributed by atoms with E-state index in [9.17, 15) is 22.0 Å². The number of nitrogens with one attached hydrogen (secondary N) is 1. The van der Waals surface area contributed by atoms with Crippen LogP contribution in [-0.4, -0.2) is 51.7 Å². The van der Waals surface area contributed by atoms with Gasteiger partial charge in [-0.1, -0.05) is 6.07 Å². The Morgan fingerprint density at radius 3 is 2.39 bits per heavy atom. The highest BCUT2D eigenvalue weighted by molar-refractivity contribution is 7.88. The maximum absolute atomic E-state index is 13.4. The van der Waals surface area contributed by atoms with Gasteiger partial charge in [-0.05, 0) is 18.6 Å². The monoisotopic (exact) mass is 350 g/mol. The van der Waals surface area contributed by atoms with Crippen LogP contribution in [0.4, 0.5) is 14.5 Å². The highest BCUT2D eigenvalue weighted by Gasteiger charge is 2.18. The van der Waals surface area contributed by atoms with Crippen molar-refractivity contribution in [1.82, 2.24) is 4.31 Å². The van der Waals surface area contributed by atoms with Crippen molar-refractivity contribution in [3.8, 4) is 0 Å². The number of benzene rings is 1. The maximum atomic E-state index is 13.4. The molecule has 1 amide bonds. The van der Waals surface area contributed by atoms with E-state index in [0.717, 1.165) is 22.7 Å². The molecular weight excluding hydrogens is 330 g/mol. The highest BCUT2D eigenvalue weighted by atomic mass is 32.2. The zero-order valence-corrected chi connectivity index (χ0v) is 13.8. The summed E-state index contributed by atoms with van der Waals surface area (Å²) in [5.41, 5.74) is -0.539. The number of carbonyl (C=O) groups excluding carboxylic acids is 1. The summed E-state index contributed by atoms with van der Waals surface area (Å²) >= 11 is 0. The molecule has 0 aliphatic heterocycles. The van der Waals surface area contributed by atoms with Crippen molar-refractivity contribution in [1.29, 1.82) is 0 Å². The number of ether oxygens (including phenoxy) is 1. The molecule has 9 heteroatoms. The van der Waals surface area contributed by atoms with Crippen LogP contribution in [0.3, 0.4) is 0 Å². The molecule has 0 aliphatic carbocycles. The SMILES string of the molecule is COCCCN(CCC(=O)Nc1c(F)cccc1F)S(C)(=O)=O. The molecule has 0 radical (unpaired) electrons. The van der Waals surface area contributed by atoms with Crippen LogP contribution < -0.4 is 5.32 Å². The fraction of sp³-hybridized carbons (Fsp3) is 0.500. The van der Waals surface area contributed by atoms with Crippen LogP contribution in [0.1, 0.15) is 12.8 Å². The molecule has 0 unspecified atom stereocenters. The molecule has 1 N–H and O–H groups in total. The number of anilines is 1. The zero-order valence-electron chi connectivity index (χ0n) is 13.0. The summed E-state index contributed by atoms with van der Waals surface area (Å²) in [4.78, 5) is 11.8. The van der Waals surface area contributed by atoms with Crippen LogP contribution in [0, 0.1) is 11.6 Å². The van der Waals surface area contributed by atoms with Crippen molar-refractivity contribution in [3.05, 3.63) is 29.8 Å². The van der Waals surface area contributed by atoms with Gasteiger partial charge in [-0.25, -0.2) is 21.5 Å². The summed E-state index contributed by atoms with van der Waals surface area (Å²) < 4.78 is 56.1. The van der Waals surface area contributed by atoms with Crippen LogP contribution in [0.15, 0.2) is 18.2 Å². The first kappa shape index (κ1) is 19.5. The fourth-order valence-electron chi connectivity index (χ4n) is 1.87. The summed E-state index contributed by atoms with van der Waals surface area (Å²) in [6, 6.07) is 3.22. The summed E-state index contributed by atoms with van der Waals surface area (Å²) in [5.74, 6) is -2.45. The lowest BCUT2D eigenvalue weighted by Crippen LogP contribution is -2.34. The fourth-order valence-corrected chi connectivity index (χ4v) is 2.76. The Labute approximate surface area is 134 Å². The molecule has 1 aromatic carbocycles. The molecule has 0 fully saturated rings. The summed E-state index contributed by atoms with van der Waals surface area (Å²) in [7, 11) is -1.98. The average Bonchev–Trinajstić information content (AvgIpc) is 2.45. The Kier molecular flexibility index (Phi) is 7.53. The molecule has 6 nitrogen and oxygen atoms in total. The molecule has 1 rings (SSSR count). The number of amides is 1. The average molecular weight is 350 g/mol.